The van der Waals surface area contributed by atoms with E-state index in [-0.39, 0.29) is 18.1 Å². The third-order valence-electron chi connectivity index (χ3n) is 2.27. The van der Waals surface area contributed by atoms with E-state index in [1.807, 2.05) is 13.8 Å². The number of aromatic nitrogens is 3. The average Bonchev–Trinajstić information content (AvgIpc) is 2.45. The molecule has 9 heteroatoms. The van der Waals surface area contributed by atoms with Crippen LogP contribution in [0.5, 0.6) is 6.01 Å². The van der Waals surface area contributed by atoms with Crippen molar-refractivity contribution in [3.05, 3.63) is 0 Å². The Bertz CT molecular complexity index is 405. The van der Waals surface area contributed by atoms with Crippen LogP contribution in [0.3, 0.4) is 0 Å². The van der Waals surface area contributed by atoms with Gasteiger partial charge in [0.05, 0.1) is 19.3 Å². The van der Waals surface area contributed by atoms with Crippen LogP contribution in [0.1, 0.15) is 20.3 Å². The van der Waals surface area contributed by atoms with E-state index in [0.717, 1.165) is 6.42 Å². The summed E-state index contributed by atoms with van der Waals surface area (Å²) in [6, 6.07) is 0.229. The van der Waals surface area contributed by atoms with Crippen LogP contribution < -0.4 is 21.3 Å². The lowest BCUT2D eigenvalue weighted by atomic mass is 10.4. The number of rotatable bonds is 11. The molecule has 0 saturated carbocycles. The van der Waals surface area contributed by atoms with Crippen molar-refractivity contribution in [3.8, 4) is 6.01 Å². The Morgan fingerprint density at radius 1 is 1.10 bits per heavy atom. The van der Waals surface area contributed by atoms with Gasteiger partial charge in [-0.1, -0.05) is 0 Å². The monoisotopic (exact) mass is 300 g/mol. The molecule has 0 aliphatic carbocycles. The number of nitrogens with zero attached hydrogens (tertiary/aromatic N) is 3. The largest absolute Gasteiger partial charge is 0.461 e. The van der Waals surface area contributed by atoms with Crippen LogP contribution in [0.4, 0.5) is 11.9 Å². The maximum absolute atomic E-state index is 5.43. The molecule has 0 bridgehead atoms. The molecular formula is C12H24N6O3. The lowest BCUT2D eigenvalue weighted by molar-refractivity contribution is 0.0705. The Hall–Kier alpha value is -1.71. The summed E-state index contributed by atoms with van der Waals surface area (Å²) in [5.74, 6) is 5.98. The van der Waals surface area contributed by atoms with E-state index in [4.69, 9.17) is 20.1 Å². The molecule has 0 aliphatic heterocycles. The fourth-order valence-corrected chi connectivity index (χ4v) is 1.38. The van der Waals surface area contributed by atoms with Crippen LogP contribution in [-0.4, -0.2) is 54.5 Å². The zero-order chi connectivity index (χ0) is 15.5. The Morgan fingerprint density at radius 3 is 2.52 bits per heavy atom. The van der Waals surface area contributed by atoms with Gasteiger partial charge in [0, 0.05) is 20.3 Å². The Labute approximate surface area is 124 Å². The van der Waals surface area contributed by atoms with Crippen LogP contribution in [0.15, 0.2) is 0 Å². The molecule has 0 saturated heterocycles. The van der Waals surface area contributed by atoms with Gasteiger partial charge in [0.25, 0.3) is 0 Å². The number of nitrogens with two attached hydrogens (primary N) is 1. The molecule has 1 aromatic heterocycles. The summed E-state index contributed by atoms with van der Waals surface area (Å²) in [6.07, 6.45) is 0.793. The topological polar surface area (TPSA) is 116 Å². The van der Waals surface area contributed by atoms with Gasteiger partial charge in [-0.25, -0.2) is 5.84 Å². The number of hydrazine groups is 1. The molecule has 1 heterocycles. The molecule has 0 amide bonds. The molecule has 9 nitrogen and oxygen atoms in total. The second-order valence-electron chi connectivity index (χ2n) is 4.46. The fraction of sp³-hybridized carbons (Fsp3) is 0.750. The van der Waals surface area contributed by atoms with Gasteiger partial charge in [-0.05, 0) is 20.3 Å². The third-order valence-corrected chi connectivity index (χ3v) is 2.27. The summed E-state index contributed by atoms with van der Waals surface area (Å²) >= 11 is 0. The van der Waals surface area contributed by atoms with Gasteiger partial charge < -0.3 is 19.5 Å². The highest BCUT2D eigenvalue weighted by atomic mass is 16.5. The van der Waals surface area contributed by atoms with E-state index in [1.54, 1.807) is 7.11 Å². The van der Waals surface area contributed by atoms with Crippen LogP contribution in [0.25, 0.3) is 0 Å². The standard InChI is InChI=1S/C12H24N6O3/c1-9(2)21-12-16-10(15-11(17-12)18-13)14-5-4-6-20-8-7-19-3/h9H,4-8,13H2,1-3H3,(H2,14,15,16,17,18). The summed E-state index contributed by atoms with van der Waals surface area (Å²) in [4.78, 5) is 12.3. The highest BCUT2D eigenvalue weighted by Gasteiger charge is 2.08. The summed E-state index contributed by atoms with van der Waals surface area (Å²) < 4.78 is 15.7. The van der Waals surface area contributed by atoms with E-state index in [0.29, 0.717) is 32.3 Å². The Morgan fingerprint density at radius 2 is 1.86 bits per heavy atom. The smallest absolute Gasteiger partial charge is 0.323 e. The second kappa shape index (κ2) is 10.1. The number of nitrogen functional groups attached to an aromatic ring is 1. The van der Waals surface area contributed by atoms with E-state index in [2.05, 4.69) is 25.7 Å². The molecular weight excluding hydrogens is 276 g/mol. The maximum Gasteiger partial charge on any atom is 0.323 e. The van der Waals surface area contributed by atoms with Gasteiger partial charge in [0.15, 0.2) is 0 Å². The van der Waals surface area contributed by atoms with Crippen LogP contribution >= 0.6 is 0 Å². The molecule has 120 valence electrons. The molecule has 1 aromatic rings. The first-order valence-corrected chi connectivity index (χ1v) is 6.85. The van der Waals surface area contributed by atoms with Crippen molar-refractivity contribution in [1.29, 1.82) is 0 Å². The third kappa shape index (κ3) is 7.59. The predicted octanol–water partition coefficient (Wildman–Crippen LogP) is 0.409. The quantitative estimate of drug-likeness (QED) is 0.303. The molecule has 4 N–H and O–H groups in total. The number of hydrogen-bond donors (Lipinski definition) is 3. The van der Waals surface area contributed by atoms with Crippen molar-refractivity contribution in [1.82, 2.24) is 15.0 Å². The number of anilines is 2. The zero-order valence-corrected chi connectivity index (χ0v) is 12.8. The predicted molar refractivity (Wildman–Crippen MR) is 79.2 cm³/mol. The van der Waals surface area contributed by atoms with Crippen molar-refractivity contribution in [3.63, 3.8) is 0 Å². The summed E-state index contributed by atoms with van der Waals surface area (Å²) in [6.45, 7) is 6.28. The fourth-order valence-electron chi connectivity index (χ4n) is 1.38. The minimum absolute atomic E-state index is 0.0277. The highest BCUT2D eigenvalue weighted by molar-refractivity contribution is 5.34. The average molecular weight is 300 g/mol. The first kappa shape index (κ1) is 17.3. The van der Waals surface area contributed by atoms with Gasteiger partial charge in [-0.3, -0.25) is 5.43 Å². The maximum atomic E-state index is 5.43. The molecule has 0 spiro atoms. The van der Waals surface area contributed by atoms with Gasteiger partial charge in [-0.15, -0.1) is 0 Å². The van der Waals surface area contributed by atoms with Crippen molar-refractivity contribution in [2.24, 2.45) is 5.84 Å². The zero-order valence-electron chi connectivity index (χ0n) is 12.8. The Balaban J connectivity index is 2.39. The molecule has 1 rings (SSSR count). The molecule has 0 unspecified atom stereocenters. The summed E-state index contributed by atoms with van der Waals surface area (Å²) in [7, 11) is 1.64. The van der Waals surface area contributed by atoms with Gasteiger partial charge in [0.1, 0.15) is 0 Å². The van der Waals surface area contributed by atoms with Crippen molar-refractivity contribution in [2.45, 2.75) is 26.4 Å². The first-order valence-electron chi connectivity index (χ1n) is 6.85. The van der Waals surface area contributed by atoms with Crippen LogP contribution in [0, 0.1) is 0 Å². The van der Waals surface area contributed by atoms with E-state index >= 15 is 0 Å². The Kier molecular flexibility index (Phi) is 8.32. The molecule has 0 atom stereocenters. The first-order chi connectivity index (χ1) is 10.2. The highest BCUT2D eigenvalue weighted by Crippen LogP contribution is 2.11. The summed E-state index contributed by atoms with van der Waals surface area (Å²) in [5, 5.41) is 3.07. The van der Waals surface area contributed by atoms with Gasteiger partial charge in [0.2, 0.25) is 11.9 Å². The summed E-state index contributed by atoms with van der Waals surface area (Å²) in [5.41, 5.74) is 2.38. The van der Waals surface area contributed by atoms with Crippen LogP contribution in [0.2, 0.25) is 0 Å². The molecule has 21 heavy (non-hydrogen) atoms. The minimum Gasteiger partial charge on any atom is -0.461 e. The van der Waals surface area contributed by atoms with E-state index in [9.17, 15) is 0 Å². The number of methoxy groups -OCH3 is 1. The lowest BCUT2D eigenvalue weighted by Gasteiger charge is -2.11. The molecule has 0 fully saturated rings. The second-order valence-corrected chi connectivity index (χ2v) is 4.46. The van der Waals surface area contributed by atoms with E-state index < -0.39 is 0 Å². The van der Waals surface area contributed by atoms with Crippen molar-refractivity contribution >= 4 is 11.9 Å². The van der Waals surface area contributed by atoms with Crippen molar-refractivity contribution in [2.75, 3.05) is 44.2 Å². The minimum atomic E-state index is -0.0277. The van der Waals surface area contributed by atoms with Crippen LogP contribution in [-0.2, 0) is 9.47 Å². The van der Waals surface area contributed by atoms with Crippen molar-refractivity contribution < 1.29 is 14.2 Å². The lowest BCUT2D eigenvalue weighted by Crippen LogP contribution is -2.17. The molecule has 0 radical (unpaired) electrons. The molecule has 0 aliphatic rings. The number of ether oxygens (including phenoxy) is 3. The van der Waals surface area contributed by atoms with Gasteiger partial charge in [-0.2, -0.15) is 15.0 Å². The normalized spacial score (nSPS) is 10.7. The molecule has 0 aromatic carbocycles. The number of hydrogen-bond acceptors (Lipinski definition) is 9. The van der Waals surface area contributed by atoms with E-state index in [1.165, 1.54) is 0 Å². The van der Waals surface area contributed by atoms with Gasteiger partial charge >= 0.3 is 6.01 Å². The SMILES string of the molecule is COCCOCCCNc1nc(NN)nc(OC(C)C)n1. The number of nitrogens with one attached hydrogen (secondary N) is 2.